The second kappa shape index (κ2) is 5.25. The monoisotopic (exact) mass is 259 g/mol. The number of pyridine rings is 1. The summed E-state index contributed by atoms with van der Waals surface area (Å²) in [5, 5.41) is 10.1. The molecule has 0 unspecified atom stereocenters. The molecule has 0 aliphatic heterocycles. The van der Waals surface area contributed by atoms with Crippen LogP contribution in [0.2, 0.25) is 0 Å². The quantitative estimate of drug-likeness (QED) is 0.893. The SMILES string of the molecule is OCC1CCC(c2ccnc3ccc(F)cc23)CC1. The maximum absolute atomic E-state index is 13.4. The van der Waals surface area contributed by atoms with E-state index in [2.05, 4.69) is 4.98 Å². The second-order valence-electron chi connectivity index (χ2n) is 5.46. The van der Waals surface area contributed by atoms with E-state index in [1.165, 1.54) is 11.6 Å². The summed E-state index contributed by atoms with van der Waals surface area (Å²) < 4.78 is 13.4. The summed E-state index contributed by atoms with van der Waals surface area (Å²) >= 11 is 0. The molecule has 1 N–H and O–H groups in total. The van der Waals surface area contributed by atoms with Crippen molar-refractivity contribution < 1.29 is 9.50 Å². The number of hydrogen-bond donors (Lipinski definition) is 1. The predicted octanol–water partition coefficient (Wildman–Crippen LogP) is 3.64. The van der Waals surface area contributed by atoms with Crippen LogP contribution in [0.5, 0.6) is 0 Å². The third-order valence-corrected chi connectivity index (χ3v) is 4.28. The molecular formula is C16H18FNO. The fourth-order valence-corrected chi connectivity index (χ4v) is 3.15. The molecule has 1 aromatic carbocycles. The topological polar surface area (TPSA) is 33.1 Å². The minimum absolute atomic E-state index is 0.203. The molecule has 0 amide bonds. The summed E-state index contributed by atoms with van der Waals surface area (Å²) in [4.78, 5) is 4.30. The van der Waals surface area contributed by atoms with Crippen molar-refractivity contribution in [3.8, 4) is 0 Å². The smallest absolute Gasteiger partial charge is 0.123 e. The van der Waals surface area contributed by atoms with Gasteiger partial charge in [-0.15, -0.1) is 0 Å². The number of aliphatic hydroxyl groups excluding tert-OH is 1. The summed E-state index contributed by atoms with van der Waals surface area (Å²) in [6.45, 7) is 0.290. The van der Waals surface area contributed by atoms with Crippen molar-refractivity contribution in [2.45, 2.75) is 31.6 Å². The van der Waals surface area contributed by atoms with Crippen molar-refractivity contribution >= 4 is 10.9 Å². The summed E-state index contributed by atoms with van der Waals surface area (Å²) in [7, 11) is 0. The number of benzene rings is 1. The fraction of sp³-hybridized carbons (Fsp3) is 0.438. The van der Waals surface area contributed by atoms with Crippen LogP contribution in [0.1, 0.15) is 37.2 Å². The lowest BCUT2D eigenvalue weighted by atomic mass is 9.78. The van der Waals surface area contributed by atoms with E-state index in [-0.39, 0.29) is 5.82 Å². The average Bonchev–Trinajstić information content (AvgIpc) is 2.47. The summed E-state index contributed by atoms with van der Waals surface area (Å²) in [6, 6.07) is 6.82. The Kier molecular flexibility index (Phi) is 3.47. The van der Waals surface area contributed by atoms with E-state index in [0.717, 1.165) is 36.6 Å². The van der Waals surface area contributed by atoms with Crippen LogP contribution >= 0.6 is 0 Å². The van der Waals surface area contributed by atoms with Crippen LogP contribution in [0.4, 0.5) is 4.39 Å². The molecule has 3 rings (SSSR count). The zero-order valence-corrected chi connectivity index (χ0v) is 10.8. The molecule has 19 heavy (non-hydrogen) atoms. The minimum Gasteiger partial charge on any atom is -0.396 e. The molecule has 0 radical (unpaired) electrons. The van der Waals surface area contributed by atoms with Gasteiger partial charge in [0, 0.05) is 18.2 Å². The number of aliphatic hydroxyl groups is 1. The van der Waals surface area contributed by atoms with Gasteiger partial charge in [0.05, 0.1) is 5.52 Å². The molecule has 2 nitrogen and oxygen atoms in total. The zero-order valence-electron chi connectivity index (χ0n) is 10.8. The largest absolute Gasteiger partial charge is 0.396 e. The predicted molar refractivity (Wildman–Crippen MR) is 73.5 cm³/mol. The summed E-state index contributed by atoms with van der Waals surface area (Å²) in [5.41, 5.74) is 2.07. The number of halogens is 1. The van der Waals surface area contributed by atoms with Crippen molar-refractivity contribution in [2.75, 3.05) is 6.61 Å². The van der Waals surface area contributed by atoms with Gasteiger partial charge in [-0.25, -0.2) is 4.39 Å². The van der Waals surface area contributed by atoms with E-state index in [1.54, 1.807) is 12.1 Å². The molecular weight excluding hydrogens is 241 g/mol. The highest BCUT2D eigenvalue weighted by molar-refractivity contribution is 5.82. The lowest BCUT2D eigenvalue weighted by Crippen LogP contribution is -2.16. The van der Waals surface area contributed by atoms with Crippen LogP contribution in [0, 0.1) is 11.7 Å². The van der Waals surface area contributed by atoms with Crippen LogP contribution in [0.25, 0.3) is 10.9 Å². The lowest BCUT2D eigenvalue weighted by Gasteiger charge is -2.28. The molecule has 0 atom stereocenters. The number of rotatable bonds is 2. The normalized spacial score (nSPS) is 23.7. The van der Waals surface area contributed by atoms with E-state index in [9.17, 15) is 9.50 Å². The molecule has 0 spiro atoms. The van der Waals surface area contributed by atoms with Gasteiger partial charge >= 0.3 is 0 Å². The Labute approximate surface area is 112 Å². The Bertz CT molecular complexity index is 576. The van der Waals surface area contributed by atoms with Gasteiger partial charge in [-0.2, -0.15) is 0 Å². The van der Waals surface area contributed by atoms with E-state index < -0.39 is 0 Å². The van der Waals surface area contributed by atoms with Gasteiger partial charge in [0.25, 0.3) is 0 Å². The van der Waals surface area contributed by atoms with Gasteiger partial charge in [-0.05, 0) is 67.3 Å². The first-order valence-corrected chi connectivity index (χ1v) is 6.93. The van der Waals surface area contributed by atoms with E-state index in [1.807, 2.05) is 12.3 Å². The van der Waals surface area contributed by atoms with Crippen LogP contribution in [-0.2, 0) is 0 Å². The molecule has 1 saturated carbocycles. The van der Waals surface area contributed by atoms with Gasteiger partial charge in [-0.3, -0.25) is 4.98 Å². The summed E-state index contributed by atoms with van der Waals surface area (Å²) in [6.07, 6.45) is 6.07. The van der Waals surface area contributed by atoms with Gasteiger partial charge in [0.2, 0.25) is 0 Å². The van der Waals surface area contributed by atoms with Crippen molar-refractivity contribution in [1.29, 1.82) is 0 Å². The van der Waals surface area contributed by atoms with Crippen LogP contribution in [0.15, 0.2) is 30.5 Å². The van der Waals surface area contributed by atoms with Gasteiger partial charge in [-0.1, -0.05) is 0 Å². The van der Waals surface area contributed by atoms with Crippen molar-refractivity contribution in [1.82, 2.24) is 4.98 Å². The first-order valence-electron chi connectivity index (χ1n) is 6.93. The first-order chi connectivity index (χ1) is 9.28. The molecule has 2 aromatic rings. The Morgan fingerprint density at radius 2 is 1.95 bits per heavy atom. The Balaban J connectivity index is 1.94. The standard InChI is InChI=1S/C16H18FNO/c17-13-5-6-16-15(9-13)14(7-8-18-16)12-3-1-11(10-19)2-4-12/h5-9,11-12,19H,1-4,10H2. The second-order valence-corrected chi connectivity index (χ2v) is 5.46. The molecule has 1 heterocycles. The molecule has 1 fully saturated rings. The van der Waals surface area contributed by atoms with Crippen molar-refractivity contribution in [3.05, 3.63) is 41.8 Å². The third-order valence-electron chi connectivity index (χ3n) is 4.28. The molecule has 1 aliphatic rings. The highest BCUT2D eigenvalue weighted by Crippen LogP contribution is 2.38. The molecule has 1 aromatic heterocycles. The van der Waals surface area contributed by atoms with Crippen LogP contribution < -0.4 is 0 Å². The van der Waals surface area contributed by atoms with Gasteiger partial charge in [0.1, 0.15) is 5.82 Å². The van der Waals surface area contributed by atoms with E-state index >= 15 is 0 Å². The number of aromatic nitrogens is 1. The zero-order chi connectivity index (χ0) is 13.2. The van der Waals surface area contributed by atoms with E-state index in [0.29, 0.717) is 18.4 Å². The molecule has 3 heteroatoms. The Morgan fingerprint density at radius 3 is 2.68 bits per heavy atom. The molecule has 0 saturated heterocycles. The van der Waals surface area contributed by atoms with E-state index in [4.69, 9.17) is 0 Å². The van der Waals surface area contributed by atoms with Crippen LogP contribution in [0.3, 0.4) is 0 Å². The molecule has 1 aliphatic carbocycles. The fourth-order valence-electron chi connectivity index (χ4n) is 3.15. The average molecular weight is 259 g/mol. The third kappa shape index (κ3) is 2.47. The Hall–Kier alpha value is -1.48. The first kappa shape index (κ1) is 12.5. The van der Waals surface area contributed by atoms with Crippen LogP contribution in [-0.4, -0.2) is 16.7 Å². The highest BCUT2D eigenvalue weighted by Gasteiger charge is 2.23. The van der Waals surface area contributed by atoms with Crippen molar-refractivity contribution in [3.63, 3.8) is 0 Å². The number of nitrogens with zero attached hydrogens (tertiary/aromatic N) is 1. The van der Waals surface area contributed by atoms with Crippen molar-refractivity contribution in [2.24, 2.45) is 5.92 Å². The maximum atomic E-state index is 13.4. The summed E-state index contributed by atoms with van der Waals surface area (Å²) in [5.74, 6) is 0.710. The lowest BCUT2D eigenvalue weighted by molar-refractivity contribution is 0.182. The Morgan fingerprint density at radius 1 is 1.16 bits per heavy atom. The maximum Gasteiger partial charge on any atom is 0.123 e. The number of fused-ring (bicyclic) bond motifs is 1. The highest BCUT2D eigenvalue weighted by atomic mass is 19.1. The van der Waals surface area contributed by atoms with Gasteiger partial charge < -0.3 is 5.11 Å². The molecule has 0 bridgehead atoms. The minimum atomic E-state index is -0.203. The number of hydrogen-bond acceptors (Lipinski definition) is 2. The van der Waals surface area contributed by atoms with Gasteiger partial charge in [0.15, 0.2) is 0 Å². The molecule has 100 valence electrons.